The second-order valence-electron chi connectivity index (χ2n) is 7.01. The molecule has 0 aromatic heterocycles. The van der Waals surface area contributed by atoms with Crippen LogP contribution in [0.3, 0.4) is 0 Å². The summed E-state index contributed by atoms with van der Waals surface area (Å²) >= 11 is 0. The number of esters is 1. The third-order valence-electron chi connectivity index (χ3n) is 3.62. The van der Waals surface area contributed by atoms with E-state index in [2.05, 4.69) is 0 Å². The van der Waals surface area contributed by atoms with Gasteiger partial charge in [-0.25, -0.2) is 9.59 Å². The minimum atomic E-state index is -0.569. The van der Waals surface area contributed by atoms with Gasteiger partial charge in [-0.05, 0) is 44.0 Å². The van der Waals surface area contributed by atoms with E-state index in [1.807, 2.05) is 63.2 Å². The van der Waals surface area contributed by atoms with Crippen LogP contribution in [0.1, 0.15) is 42.3 Å². The monoisotopic (exact) mass is 355 g/mol. The normalized spacial score (nSPS) is 10.9. The zero-order valence-electron chi connectivity index (χ0n) is 15.7. The molecule has 2 aromatic rings. The van der Waals surface area contributed by atoms with Crippen molar-refractivity contribution in [2.75, 3.05) is 7.11 Å². The maximum Gasteiger partial charge on any atom is 0.410 e. The highest BCUT2D eigenvalue weighted by atomic mass is 16.6. The molecule has 0 saturated heterocycles. The molecule has 0 bridgehead atoms. The van der Waals surface area contributed by atoms with Gasteiger partial charge in [0.05, 0.1) is 12.7 Å². The van der Waals surface area contributed by atoms with Crippen LogP contribution in [0, 0.1) is 0 Å². The van der Waals surface area contributed by atoms with Crippen LogP contribution in [0.5, 0.6) is 0 Å². The lowest BCUT2D eigenvalue weighted by Crippen LogP contribution is -2.36. The summed E-state index contributed by atoms with van der Waals surface area (Å²) in [6.07, 6.45) is -0.376. The number of carbonyl (C=O) groups is 2. The van der Waals surface area contributed by atoms with E-state index < -0.39 is 5.60 Å². The number of methoxy groups -OCH3 is 1. The minimum absolute atomic E-state index is 0.376. The van der Waals surface area contributed by atoms with Crippen molar-refractivity contribution in [1.29, 1.82) is 0 Å². The van der Waals surface area contributed by atoms with Crippen LogP contribution in [0.15, 0.2) is 54.6 Å². The van der Waals surface area contributed by atoms with Gasteiger partial charge in [0.15, 0.2) is 0 Å². The summed E-state index contributed by atoms with van der Waals surface area (Å²) in [5, 5.41) is 0. The number of benzene rings is 2. The van der Waals surface area contributed by atoms with Crippen LogP contribution in [0.4, 0.5) is 4.79 Å². The Hall–Kier alpha value is -2.82. The molecule has 0 aliphatic carbocycles. The van der Waals surface area contributed by atoms with Crippen LogP contribution in [-0.2, 0) is 22.6 Å². The van der Waals surface area contributed by atoms with Crippen molar-refractivity contribution in [3.8, 4) is 0 Å². The molecule has 0 atom stereocenters. The number of hydrogen-bond acceptors (Lipinski definition) is 4. The molecule has 138 valence electrons. The van der Waals surface area contributed by atoms with Crippen molar-refractivity contribution >= 4 is 12.1 Å². The summed E-state index contributed by atoms with van der Waals surface area (Å²) in [6, 6.07) is 16.8. The van der Waals surface area contributed by atoms with E-state index in [1.165, 1.54) is 7.11 Å². The zero-order valence-corrected chi connectivity index (χ0v) is 15.7. The Morgan fingerprint density at radius 2 is 1.42 bits per heavy atom. The summed E-state index contributed by atoms with van der Waals surface area (Å²) in [7, 11) is 1.35. The van der Waals surface area contributed by atoms with Gasteiger partial charge < -0.3 is 9.47 Å². The van der Waals surface area contributed by atoms with E-state index in [1.54, 1.807) is 17.0 Å². The van der Waals surface area contributed by atoms with Crippen LogP contribution < -0.4 is 0 Å². The first-order valence-electron chi connectivity index (χ1n) is 8.47. The largest absolute Gasteiger partial charge is 0.465 e. The van der Waals surface area contributed by atoms with E-state index in [-0.39, 0.29) is 12.1 Å². The molecule has 0 unspecified atom stereocenters. The standard InChI is InChI=1S/C21H25NO4/c1-21(2,3)26-20(24)22(14-16-8-6-5-7-9-16)15-17-10-12-18(13-11-17)19(23)25-4/h5-13H,14-15H2,1-4H3. The Kier molecular flexibility index (Phi) is 6.39. The Labute approximate surface area is 154 Å². The van der Waals surface area contributed by atoms with E-state index in [4.69, 9.17) is 9.47 Å². The first-order chi connectivity index (χ1) is 12.3. The Morgan fingerprint density at radius 1 is 0.885 bits per heavy atom. The van der Waals surface area contributed by atoms with Crippen molar-refractivity contribution in [3.05, 3.63) is 71.3 Å². The highest BCUT2D eigenvalue weighted by Gasteiger charge is 2.22. The molecule has 5 heteroatoms. The molecule has 2 rings (SSSR count). The zero-order chi connectivity index (χ0) is 19.2. The summed E-state index contributed by atoms with van der Waals surface area (Å²) in [4.78, 5) is 25.8. The average molecular weight is 355 g/mol. The Morgan fingerprint density at radius 3 is 1.92 bits per heavy atom. The number of ether oxygens (including phenoxy) is 2. The fourth-order valence-corrected chi connectivity index (χ4v) is 2.40. The third-order valence-corrected chi connectivity index (χ3v) is 3.62. The van der Waals surface area contributed by atoms with Crippen molar-refractivity contribution in [1.82, 2.24) is 4.90 Å². The summed E-state index contributed by atoms with van der Waals surface area (Å²) in [5.41, 5.74) is 1.83. The van der Waals surface area contributed by atoms with Crippen LogP contribution in [0.2, 0.25) is 0 Å². The fraction of sp³-hybridized carbons (Fsp3) is 0.333. The third kappa shape index (κ3) is 5.92. The van der Waals surface area contributed by atoms with E-state index in [0.717, 1.165) is 11.1 Å². The van der Waals surface area contributed by atoms with E-state index in [9.17, 15) is 9.59 Å². The molecule has 1 amide bonds. The van der Waals surface area contributed by atoms with Crippen molar-refractivity contribution in [2.24, 2.45) is 0 Å². The fourth-order valence-electron chi connectivity index (χ4n) is 2.40. The van der Waals surface area contributed by atoms with Gasteiger partial charge in [-0.1, -0.05) is 42.5 Å². The molecule has 2 aromatic carbocycles. The number of amides is 1. The van der Waals surface area contributed by atoms with Crippen molar-refractivity contribution in [3.63, 3.8) is 0 Å². The van der Waals surface area contributed by atoms with Gasteiger partial charge in [0.2, 0.25) is 0 Å². The van der Waals surface area contributed by atoms with E-state index >= 15 is 0 Å². The molecule has 26 heavy (non-hydrogen) atoms. The van der Waals surface area contributed by atoms with Gasteiger partial charge in [-0.2, -0.15) is 0 Å². The molecule has 0 N–H and O–H groups in total. The number of rotatable bonds is 5. The number of hydrogen-bond donors (Lipinski definition) is 0. The quantitative estimate of drug-likeness (QED) is 0.746. The maximum atomic E-state index is 12.6. The topological polar surface area (TPSA) is 55.8 Å². The highest BCUT2D eigenvalue weighted by molar-refractivity contribution is 5.89. The second kappa shape index (κ2) is 8.52. The molecule has 0 aliphatic heterocycles. The predicted molar refractivity (Wildman–Crippen MR) is 99.7 cm³/mol. The molecule has 0 saturated carbocycles. The summed E-state index contributed by atoms with van der Waals surface area (Å²) < 4.78 is 10.2. The number of nitrogens with zero attached hydrogens (tertiary/aromatic N) is 1. The first kappa shape index (κ1) is 19.5. The lowest BCUT2D eigenvalue weighted by Gasteiger charge is -2.27. The van der Waals surface area contributed by atoms with Gasteiger partial charge in [0.1, 0.15) is 5.60 Å². The number of carbonyl (C=O) groups excluding carboxylic acids is 2. The minimum Gasteiger partial charge on any atom is -0.465 e. The van der Waals surface area contributed by atoms with Crippen LogP contribution >= 0.6 is 0 Å². The summed E-state index contributed by atoms with van der Waals surface area (Å²) in [6.45, 7) is 6.35. The van der Waals surface area contributed by atoms with Crippen molar-refractivity contribution < 1.29 is 19.1 Å². The maximum absolute atomic E-state index is 12.6. The Balaban J connectivity index is 2.17. The van der Waals surface area contributed by atoms with Gasteiger partial charge in [0.25, 0.3) is 0 Å². The van der Waals surface area contributed by atoms with Gasteiger partial charge in [-0.15, -0.1) is 0 Å². The molecule has 5 nitrogen and oxygen atoms in total. The van der Waals surface area contributed by atoms with Gasteiger partial charge in [-0.3, -0.25) is 4.90 Å². The molecular weight excluding hydrogens is 330 g/mol. The molecule has 0 spiro atoms. The average Bonchev–Trinajstić information content (AvgIpc) is 2.60. The Bertz CT molecular complexity index is 733. The van der Waals surface area contributed by atoms with Gasteiger partial charge in [0, 0.05) is 13.1 Å². The lowest BCUT2D eigenvalue weighted by atomic mass is 10.1. The van der Waals surface area contributed by atoms with E-state index in [0.29, 0.717) is 18.7 Å². The summed E-state index contributed by atoms with van der Waals surface area (Å²) in [5.74, 6) is -0.384. The highest BCUT2D eigenvalue weighted by Crippen LogP contribution is 2.16. The van der Waals surface area contributed by atoms with Crippen LogP contribution in [-0.4, -0.2) is 29.7 Å². The van der Waals surface area contributed by atoms with Crippen molar-refractivity contribution in [2.45, 2.75) is 39.5 Å². The van der Waals surface area contributed by atoms with Gasteiger partial charge >= 0.3 is 12.1 Å². The SMILES string of the molecule is COC(=O)c1ccc(CN(Cc2ccccc2)C(=O)OC(C)(C)C)cc1. The van der Waals surface area contributed by atoms with Crippen LogP contribution in [0.25, 0.3) is 0 Å². The molecule has 0 aliphatic rings. The molecule has 0 radical (unpaired) electrons. The first-order valence-corrected chi connectivity index (χ1v) is 8.47. The molecular formula is C21H25NO4. The second-order valence-corrected chi connectivity index (χ2v) is 7.01. The lowest BCUT2D eigenvalue weighted by molar-refractivity contribution is 0.0216. The smallest absolute Gasteiger partial charge is 0.410 e. The molecule has 0 fully saturated rings. The molecule has 0 heterocycles. The predicted octanol–water partition coefficient (Wildman–Crippen LogP) is 4.41.